The summed E-state index contributed by atoms with van der Waals surface area (Å²) in [6, 6.07) is 5.55. The summed E-state index contributed by atoms with van der Waals surface area (Å²) in [5, 5.41) is 4.10. The molecule has 0 saturated heterocycles. The van der Waals surface area contributed by atoms with E-state index in [0.717, 1.165) is 11.1 Å². The van der Waals surface area contributed by atoms with Gasteiger partial charge >= 0.3 is 0 Å². The van der Waals surface area contributed by atoms with Crippen LogP contribution in [0, 0.1) is 6.92 Å². The van der Waals surface area contributed by atoms with E-state index in [1.807, 2.05) is 32.3 Å². The number of nitrogens with two attached hydrogens (primary N) is 1. The Morgan fingerprint density at radius 1 is 1.50 bits per heavy atom. The molecule has 2 aromatic rings. The van der Waals surface area contributed by atoms with Gasteiger partial charge in [-0.25, -0.2) is 0 Å². The number of benzene rings is 1. The average Bonchev–Trinajstić information content (AvgIpc) is 2.83. The van der Waals surface area contributed by atoms with Crippen LogP contribution in [0.15, 0.2) is 30.6 Å². The Bertz CT molecular complexity index is 620. The van der Waals surface area contributed by atoms with Crippen LogP contribution in [0.2, 0.25) is 0 Å². The van der Waals surface area contributed by atoms with Crippen LogP contribution >= 0.6 is 0 Å². The van der Waals surface area contributed by atoms with Crippen molar-refractivity contribution >= 4 is 11.6 Å². The van der Waals surface area contributed by atoms with Crippen molar-refractivity contribution in [3.05, 3.63) is 47.3 Å². The number of carbonyl (C=O) groups excluding carboxylic acids is 1. The van der Waals surface area contributed by atoms with Crippen molar-refractivity contribution < 1.29 is 4.79 Å². The van der Waals surface area contributed by atoms with E-state index >= 15 is 0 Å². The van der Waals surface area contributed by atoms with Gasteiger partial charge in [0, 0.05) is 32.4 Å². The van der Waals surface area contributed by atoms with Gasteiger partial charge in [-0.05, 0) is 19.1 Å². The summed E-state index contributed by atoms with van der Waals surface area (Å²) < 4.78 is 1.72. The Hall–Kier alpha value is -2.34. The van der Waals surface area contributed by atoms with Crippen LogP contribution in [0.25, 0.3) is 0 Å². The largest absolute Gasteiger partial charge is 0.337 e. The fourth-order valence-electron chi connectivity index (χ4n) is 2.07. The summed E-state index contributed by atoms with van der Waals surface area (Å²) in [5.41, 5.74) is 5.76. The second kappa shape index (κ2) is 5.75. The highest BCUT2D eigenvalue weighted by atomic mass is 16.2. The molecule has 106 valence electrons. The first-order chi connectivity index (χ1) is 9.51. The van der Waals surface area contributed by atoms with Crippen molar-refractivity contribution in [2.75, 3.05) is 12.5 Å². The van der Waals surface area contributed by atoms with E-state index in [1.165, 1.54) is 0 Å². The molecule has 0 spiro atoms. The van der Waals surface area contributed by atoms with Gasteiger partial charge in [-0.3, -0.25) is 15.3 Å². The zero-order chi connectivity index (χ0) is 14.7. The number of aromatic nitrogens is 2. The minimum Gasteiger partial charge on any atom is -0.337 e. The molecular formula is C14H19N5O. The molecule has 20 heavy (non-hydrogen) atoms. The van der Waals surface area contributed by atoms with Crippen molar-refractivity contribution in [3.63, 3.8) is 0 Å². The fraction of sp³-hybridized carbons (Fsp3) is 0.286. The van der Waals surface area contributed by atoms with Gasteiger partial charge in [-0.15, -0.1) is 0 Å². The molecule has 0 radical (unpaired) electrons. The summed E-state index contributed by atoms with van der Waals surface area (Å²) in [5.74, 6) is 5.38. The van der Waals surface area contributed by atoms with Crippen molar-refractivity contribution in [1.29, 1.82) is 0 Å². The molecule has 0 atom stereocenters. The lowest BCUT2D eigenvalue weighted by Gasteiger charge is -2.18. The van der Waals surface area contributed by atoms with Gasteiger partial charge in [0.2, 0.25) is 0 Å². The molecule has 0 fully saturated rings. The average molecular weight is 273 g/mol. The Morgan fingerprint density at radius 3 is 2.85 bits per heavy atom. The van der Waals surface area contributed by atoms with Crippen LogP contribution in [0.4, 0.5) is 5.69 Å². The maximum atomic E-state index is 12.5. The monoisotopic (exact) mass is 273 g/mol. The van der Waals surface area contributed by atoms with E-state index in [1.54, 1.807) is 28.9 Å². The molecular weight excluding hydrogens is 254 g/mol. The number of nitrogens with one attached hydrogen (secondary N) is 1. The number of carbonyl (C=O) groups is 1. The molecule has 0 saturated carbocycles. The van der Waals surface area contributed by atoms with Gasteiger partial charge in [-0.2, -0.15) is 5.10 Å². The molecule has 1 amide bonds. The summed E-state index contributed by atoms with van der Waals surface area (Å²) in [7, 11) is 3.61. The fourth-order valence-corrected chi connectivity index (χ4v) is 2.07. The lowest BCUT2D eigenvalue weighted by atomic mass is 10.1. The molecule has 3 N–H and O–H groups in total. The van der Waals surface area contributed by atoms with Gasteiger partial charge in [-0.1, -0.05) is 11.6 Å². The van der Waals surface area contributed by atoms with Crippen molar-refractivity contribution in [3.8, 4) is 0 Å². The Labute approximate surface area is 118 Å². The van der Waals surface area contributed by atoms with Crippen LogP contribution in [-0.4, -0.2) is 27.6 Å². The lowest BCUT2D eigenvalue weighted by molar-refractivity contribution is 0.0786. The van der Waals surface area contributed by atoms with Gasteiger partial charge < -0.3 is 10.3 Å². The van der Waals surface area contributed by atoms with E-state index in [9.17, 15) is 4.79 Å². The van der Waals surface area contributed by atoms with Crippen molar-refractivity contribution in [2.24, 2.45) is 12.9 Å². The standard InChI is InChI=1S/C14H19N5O/c1-10-4-5-13(17-15)12(6-10)14(20)18(2)8-11-7-16-19(3)9-11/h4-7,9,17H,8,15H2,1-3H3. The summed E-state index contributed by atoms with van der Waals surface area (Å²) in [6.45, 7) is 2.45. The highest BCUT2D eigenvalue weighted by molar-refractivity contribution is 5.99. The van der Waals surface area contributed by atoms with E-state index in [2.05, 4.69) is 10.5 Å². The molecule has 0 aliphatic carbocycles. The van der Waals surface area contributed by atoms with Crippen LogP contribution < -0.4 is 11.3 Å². The zero-order valence-electron chi connectivity index (χ0n) is 11.9. The minimum absolute atomic E-state index is 0.0782. The van der Waals surface area contributed by atoms with Crippen LogP contribution in [0.1, 0.15) is 21.5 Å². The number of aryl methyl sites for hydroxylation is 2. The summed E-state index contributed by atoms with van der Waals surface area (Å²) in [4.78, 5) is 14.1. The van der Waals surface area contributed by atoms with Crippen LogP contribution in [0.5, 0.6) is 0 Å². The summed E-state index contributed by atoms with van der Waals surface area (Å²) >= 11 is 0. The molecule has 0 aliphatic rings. The minimum atomic E-state index is -0.0782. The Kier molecular flexibility index (Phi) is 4.05. The second-order valence-electron chi connectivity index (χ2n) is 4.88. The number of nitrogens with zero attached hydrogens (tertiary/aromatic N) is 3. The van der Waals surface area contributed by atoms with E-state index in [0.29, 0.717) is 17.8 Å². The molecule has 1 aromatic carbocycles. The highest BCUT2D eigenvalue weighted by Crippen LogP contribution is 2.18. The maximum Gasteiger partial charge on any atom is 0.256 e. The Balaban J connectivity index is 2.20. The molecule has 0 aliphatic heterocycles. The zero-order valence-corrected chi connectivity index (χ0v) is 11.9. The van der Waals surface area contributed by atoms with Crippen molar-refractivity contribution in [1.82, 2.24) is 14.7 Å². The predicted molar refractivity (Wildman–Crippen MR) is 78.0 cm³/mol. The smallest absolute Gasteiger partial charge is 0.256 e. The number of rotatable bonds is 4. The molecule has 0 unspecified atom stereocenters. The normalized spacial score (nSPS) is 10.4. The molecule has 1 aromatic heterocycles. The molecule has 6 heteroatoms. The first kappa shape index (κ1) is 14.1. The van der Waals surface area contributed by atoms with Crippen LogP contribution in [0.3, 0.4) is 0 Å². The number of nitrogen functional groups attached to an aromatic ring is 1. The van der Waals surface area contributed by atoms with E-state index in [-0.39, 0.29) is 5.91 Å². The summed E-state index contributed by atoms with van der Waals surface area (Å²) in [6.07, 6.45) is 3.64. The quantitative estimate of drug-likeness (QED) is 0.650. The SMILES string of the molecule is Cc1ccc(NN)c(C(=O)N(C)Cc2cnn(C)c2)c1. The number of hydrogen-bond donors (Lipinski definition) is 2. The number of hydrogen-bond acceptors (Lipinski definition) is 4. The maximum absolute atomic E-state index is 12.5. The van der Waals surface area contributed by atoms with Gasteiger partial charge in [0.1, 0.15) is 0 Å². The van der Waals surface area contributed by atoms with Crippen molar-refractivity contribution in [2.45, 2.75) is 13.5 Å². The second-order valence-corrected chi connectivity index (χ2v) is 4.88. The first-order valence-corrected chi connectivity index (χ1v) is 6.31. The Morgan fingerprint density at radius 2 is 2.25 bits per heavy atom. The van der Waals surface area contributed by atoms with Crippen LogP contribution in [-0.2, 0) is 13.6 Å². The number of hydrazine groups is 1. The van der Waals surface area contributed by atoms with E-state index < -0.39 is 0 Å². The number of amides is 1. The third-order valence-electron chi connectivity index (χ3n) is 3.09. The van der Waals surface area contributed by atoms with Gasteiger partial charge in [0.05, 0.1) is 17.4 Å². The van der Waals surface area contributed by atoms with Gasteiger partial charge in [0.15, 0.2) is 0 Å². The highest BCUT2D eigenvalue weighted by Gasteiger charge is 2.16. The molecule has 6 nitrogen and oxygen atoms in total. The third kappa shape index (κ3) is 2.97. The number of anilines is 1. The first-order valence-electron chi connectivity index (χ1n) is 6.31. The lowest BCUT2D eigenvalue weighted by Crippen LogP contribution is -2.27. The predicted octanol–water partition coefficient (Wildman–Crippen LogP) is 1.29. The van der Waals surface area contributed by atoms with Gasteiger partial charge in [0.25, 0.3) is 5.91 Å². The topological polar surface area (TPSA) is 76.2 Å². The molecule has 2 rings (SSSR count). The van der Waals surface area contributed by atoms with E-state index in [4.69, 9.17) is 5.84 Å². The third-order valence-corrected chi connectivity index (χ3v) is 3.09. The molecule has 0 bridgehead atoms. The molecule has 1 heterocycles.